The van der Waals surface area contributed by atoms with Gasteiger partial charge in [-0.1, -0.05) is 0 Å². The summed E-state index contributed by atoms with van der Waals surface area (Å²) in [7, 11) is -2.08. The highest BCUT2D eigenvalue weighted by atomic mass is 32.2. The summed E-state index contributed by atoms with van der Waals surface area (Å²) in [6, 6.07) is 2.55. The van der Waals surface area contributed by atoms with Crippen molar-refractivity contribution in [1.82, 2.24) is 8.61 Å². The van der Waals surface area contributed by atoms with Gasteiger partial charge in [0.1, 0.15) is 11.6 Å². The van der Waals surface area contributed by atoms with Gasteiger partial charge < -0.3 is 4.74 Å². The number of hydrogen-bond acceptors (Lipinski definition) is 3. The molecule has 3 rings (SSSR count). The van der Waals surface area contributed by atoms with Crippen LogP contribution in [0.15, 0.2) is 18.2 Å². The number of piperidine rings is 1. The molecule has 0 radical (unpaired) electrons. The third-order valence-corrected chi connectivity index (χ3v) is 6.93. The predicted molar refractivity (Wildman–Crippen MR) is 85.6 cm³/mol. The van der Waals surface area contributed by atoms with Gasteiger partial charge in [-0.2, -0.15) is 17.0 Å². The third kappa shape index (κ3) is 3.33. The molecule has 2 saturated heterocycles. The number of methoxy groups -OCH3 is 1. The molecule has 1 unspecified atom stereocenters. The summed E-state index contributed by atoms with van der Waals surface area (Å²) in [5.41, 5.74) is 0.114. The van der Waals surface area contributed by atoms with Crippen molar-refractivity contribution in [3.8, 4) is 0 Å². The smallest absolute Gasteiger partial charge is 0.282 e. The maximum atomic E-state index is 14.1. The lowest BCUT2D eigenvalue weighted by atomic mass is 10.0. The Balaban J connectivity index is 1.83. The molecule has 1 atom stereocenters. The molecule has 0 aliphatic carbocycles. The van der Waals surface area contributed by atoms with Crippen molar-refractivity contribution in [2.24, 2.45) is 0 Å². The first-order valence-corrected chi connectivity index (χ1v) is 9.58. The summed E-state index contributed by atoms with van der Waals surface area (Å²) in [6.07, 6.45) is 2.49. The fourth-order valence-corrected chi connectivity index (χ4v) is 5.41. The molecule has 0 saturated carbocycles. The Morgan fingerprint density at radius 2 is 1.83 bits per heavy atom. The number of rotatable bonds is 4. The van der Waals surface area contributed by atoms with Crippen molar-refractivity contribution in [3.05, 3.63) is 35.4 Å². The number of benzene rings is 1. The van der Waals surface area contributed by atoms with Crippen LogP contribution in [0.4, 0.5) is 8.78 Å². The molecule has 2 heterocycles. The van der Waals surface area contributed by atoms with Gasteiger partial charge >= 0.3 is 0 Å². The van der Waals surface area contributed by atoms with Gasteiger partial charge in [0.2, 0.25) is 0 Å². The van der Waals surface area contributed by atoms with E-state index in [1.54, 1.807) is 7.11 Å². The molecule has 0 N–H and O–H groups in total. The van der Waals surface area contributed by atoms with E-state index in [4.69, 9.17) is 4.74 Å². The summed E-state index contributed by atoms with van der Waals surface area (Å²) >= 11 is 0. The Kier molecular flexibility index (Phi) is 5.19. The zero-order chi connectivity index (χ0) is 17.3. The number of nitrogens with zero attached hydrogens (tertiary/aromatic N) is 2. The molecule has 134 valence electrons. The van der Waals surface area contributed by atoms with Gasteiger partial charge in [-0.05, 0) is 43.9 Å². The molecule has 0 aromatic heterocycles. The van der Waals surface area contributed by atoms with Crippen molar-refractivity contribution >= 4 is 10.2 Å². The molecule has 1 aromatic rings. The molecule has 0 spiro atoms. The molecule has 2 aliphatic heterocycles. The molecule has 24 heavy (non-hydrogen) atoms. The van der Waals surface area contributed by atoms with E-state index in [0.29, 0.717) is 45.3 Å². The fraction of sp³-hybridized carbons (Fsp3) is 0.625. The highest BCUT2D eigenvalue weighted by Gasteiger charge is 2.41. The van der Waals surface area contributed by atoms with Gasteiger partial charge in [-0.3, -0.25) is 0 Å². The first-order chi connectivity index (χ1) is 11.4. The van der Waals surface area contributed by atoms with Crippen LogP contribution in [0.2, 0.25) is 0 Å². The van der Waals surface area contributed by atoms with Crippen molar-refractivity contribution in [2.75, 3.05) is 26.7 Å². The van der Waals surface area contributed by atoms with E-state index in [1.165, 1.54) is 8.61 Å². The predicted octanol–water partition coefficient (Wildman–Crippen LogP) is 2.46. The second-order valence-corrected chi connectivity index (χ2v) is 8.16. The molecular weight excluding hydrogens is 338 g/mol. The highest BCUT2D eigenvalue weighted by Crippen LogP contribution is 2.37. The van der Waals surface area contributed by atoms with E-state index in [9.17, 15) is 17.2 Å². The Bertz CT molecular complexity index is 691. The zero-order valence-corrected chi connectivity index (χ0v) is 14.4. The van der Waals surface area contributed by atoms with Gasteiger partial charge in [0.15, 0.2) is 0 Å². The molecule has 8 heteroatoms. The average Bonchev–Trinajstić information content (AvgIpc) is 3.07. The number of ether oxygens (including phenoxy) is 1. The molecule has 0 amide bonds. The number of halogens is 2. The summed E-state index contributed by atoms with van der Waals surface area (Å²) in [5, 5.41) is 0. The molecular formula is C16H22F2N2O3S. The van der Waals surface area contributed by atoms with Crippen LogP contribution in [0.5, 0.6) is 0 Å². The van der Waals surface area contributed by atoms with E-state index < -0.39 is 27.9 Å². The Hall–Kier alpha value is -1.09. The lowest BCUT2D eigenvalue weighted by Crippen LogP contribution is -2.48. The molecule has 5 nitrogen and oxygen atoms in total. The normalized spacial score (nSPS) is 24.5. The molecule has 0 bridgehead atoms. The SMILES string of the molecule is COC1CCN(S(=O)(=O)N2CCCC2c2cc(F)ccc2F)CC1. The quantitative estimate of drug-likeness (QED) is 0.829. The number of hydrogen-bond donors (Lipinski definition) is 0. The van der Waals surface area contributed by atoms with E-state index >= 15 is 0 Å². The Morgan fingerprint density at radius 3 is 2.50 bits per heavy atom. The van der Waals surface area contributed by atoms with Gasteiger partial charge in [0, 0.05) is 32.3 Å². The van der Waals surface area contributed by atoms with E-state index in [2.05, 4.69) is 0 Å². The summed E-state index contributed by atoms with van der Waals surface area (Å²) in [4.78, 5) is 0. The lowest BCUT2D eigenvalue weighted by Gasteiger charge is -2.35. The van der Waals surface area contributed by atoms with Gasteiger partial charge in [0.05, 0.1) is 12.1 Å². The van der Waals surface area contributed by atoms with Gasteiger partial charge in [-0.25, -0.2) is 8.78 Å². The van der Waals surface area contributed by atoms with Crippen LogP contribution >= 0.6 is 0 Å². The highest BCUT2D eigenvalue weighted by molar-refractivity contribution is 7.86. The minimum atomic E-state index is -3.70. The van der Waals surface area contributed by atoms with Gasteiger partial charge in [0.25, 0.3) is 10.2 Å². The Morgan fingerprint density at radius 1 is 1.12 bits per heavy atom. The van der Waals surface area contributed by atoms with Gasteiger partial charge in [-0.15, -0.1) is 0 Å². The maximum absolute atomic E-state index is 14.1. The van der Waals surface area contributed by atoms with Crippen LogP contribution in [-0.2, 0) is 14.9 Å². The van der Waals surface area contributed by atoms with Crippen molar-refractivity contribution in [1.29, 1.82) is 0 Å². The zero-order valence-electron chi connectivity index (χ0n) is 13.6. The maximum Gasteiger partial charge on any atom is 0.282 e. The van der Waals surface area contributed by atoms with Crippen LogP contribution in [0.25, 0.3) is 0 Å². The lowest BCUT2D eigenvalue weighted by molar-refractivity contribution is 0.0589. The standard InChI is InChI=1S/C16H22F2N2O3S/c1-23-13-6-9-19(10-7-13)24(21,22)20-8-2-3-16(20)14-11-12(17)4-5-15(14)18/h4-5,11,13,16H,2-3,6-10H2,1H3. The first kappa shape index (κ1) is 17.7. The van der Waals surface area contributed by atoms with Crippen LogP contribution in [0.1, 0.15) is 37.3 Å². The summed E-state index contributed by atoms with van der Waals surface area (Å²) < 4.78 is 61.5. The molecule has 2 aliphatic rings. The Labute approximate surface area is 141 Å². The minimum absolute atomic E-state index is 0.0755. The van der Waals surface area contributed by atoms with E-state index in [-0.39, 0.29) is 11.7 Å². The van der Waals surface area contributed by atoms with Crippen LogP contribution < -0.4 is 0 Å². The van der Waals surface area contributed by atoms with E-state index in [0.717, 1.165) is 18.2 Å². The van der Waals surface area contributed by atoms with Crippen LogP contribution in [0, 0.1) is 11.6 Å². The monoisotopic (exact) mass is 360 g/mol. The summed E-state index contributed by atoms with van der Waals surface area (Å²) in [6.45, 7) is 1.10. The second-order valence-electron chi connectivity index (χ2n) is 6.28. The largest absolute Gasteiger partial charge is 0.381 e. The van der Waals surface area contributed by atoms with Crippen molar-refractivity contribution in [2.45, 2.75) is 37.8 Å². The molecule has 2 fully saturated rings. The van der Waals surface area contributed by atoms with Crippen molar-refractivity contribution in [3.63, 3.8) is 0 Å². The topological polar surface area (TPSA) is 49.9 Å². The summed E-state index contributed by atoms with van der Waals surface area (Å²) in [5.74, 6) is -1.13. The molecule has 1 aromatic carbocycles. The van der Waals surface area contributed by atoms with Crippen molar-refractivity contribution < 1.29 is 21.9 Å². The minimum Gasteiger partial charge on any atom is -0.381 e. The van der Waals surface area contributed by atoms with Crippen LogP contribution in [0.3, 0.4) is 0 Å². The average molecular weight is 360 g/mol. The second kappa shape index (κ2) is 7.03. The fourth-order valence-electron chi connectivity index (χ4n) is 3.54. The van der Waals surface area contributed by atoms with Crippen LogP contribution in [-0.4, -0.2) is 49.9 Å². The first-order valence-electron chi connectivity index (χ1n) is 8.18. The van der Waals surface area contributed by atoms with E-state index in [1.807, 2.05) is 0 Å². The third-order valence-electron chi connectivity index (χ3n) is 4.88.